The number of ether oxygens (including phenoxy) is 2. The van der Waals surface area contributed by atoms with Crippen LogP contribution < -0.4 is 10.1 Å². The first-order valence-corrected chi connectivity index (χ1v) is 8.67. The molecule has 6 heteroatoms. The topological polar surface area (TPSA) is 50.8 Å². The van der Waals surface area contributed by atoms with Crippen molar-refractivity contribution in [3.8, 4) is 5.75 Å². The third kappa shape index (κ3) is 5.37. The number of piperazine rings is 1. The summed E-state index contributed by atoms with van der Waals surface area (Å²) in [6.07, 6.45) is 2.80. The fourth-order valence-corrected chi connectivity index (χ4v) is 2.63. The van der Waals surface area contributed by atoms with E-state index in [9.17, 15) is 9.18 Å². The Hall–Kier alpha value is -1.82. The Labute approximate surface area is 143 Å². The lowest BCUT2D eigenvalue weighted by Crippen LogP contribution is -2.52. The lowest BCUT2D eigenvalue weighted by Gasteiger charge is -2.33. The lowest BCUT2D eigenvalue weighted by atomic mass is 10.2. The predicted octanol–water partition coefficient (Wildman–Crippen LogP) is 3.33. The van der Waals surface area contributed by atoms with Crippen LogP contribution >= 0.6 is 0 Å². The van der Waals surface area contributed by atoms with Crippen LogP contribution in [0.1, 0.15) is 38.7 Å². The minimum absolute atomic E-state index is 0.0735. The van der Waals surface area contributed by atoms with Gasteiger partial charge in [0.1, 0.15) is 18.2 Å². The summed E-state index contributed by atoms with van der Waals surface area (Å²) in [5, 5.41) is 3.21. The molecule has 1 unspecified atom stereocenters. The van der Waals surface area contributed by atoms with Crippen molar-refractivity contribution in [3.05, 3.63) is 29.6 Å². The highest BCUT2D eigenvalue weighted by atomic mass is 19.1. The summed E-state index contributed by atoms with van der Waals surface area (Å²) in [7, 11) is 0. The smallest absolute Gasteiger partial charge is 0.410 e. The number of amides is 1. The van der Waals surface area contributed by atoms with Crippen molar-refractivity contribution >= 4 is 6.09 Å². The standard InChI is InChI=1S/C18H27FN2O3/c1-3-4-5-10-23-16-6-7-17(19)15(11-16)13-24-18(22)21-9-8-20-12-14(21)2/h6-7,11,14,20H,3-5,8-10,12-13H2,1-2H3. The van der Waals surface area contributed by atoms with Crippen molar-refractivity contribution < 1.29 is 18.7 Å². The van der Waals surface area contributed by atoms with Gasteiger partial charge in [-0.25, -0.2) is 9.18 Å². The molecular weight excluding hydrogens is 311 g/mol. The van der Waals surface area contributed by atoms with Crippen LogP contribution in [0.5, 0.6) is 5.75 Å². The van der Waals surface area contributed by atoms with Crippen LogP contribution in [0.3, 0.4) is 0 Å². The van der Waals surface area contributed by atoms with E-state index in [0.29, 0.717) is 24.5 Å². The van der Waals surface area contributed by atoms with Crippen LogP contribution in [0.4, 0.5) is 9.18 Å². The molecule has 24 heavy (non-hydrogen) atoms. The Morgan fingerprint density at radius 2 is 2.25 bits per heavy atom. The van der Waals surface area contributed by atoms with E-state index in [-0.39, 0.29) is 12.6 Å². The molecule has 0 radical (unpaired) electrons. The van der Waals surface area contributed by atoms with Gasteiger partial charge in [-0.1, -0.05) is 19.8 Å². The van der Waals surface area contributed by atoms with Gasteiger partial charge in [0.25, 0.3) is 0 Å². The van der Waals surface area contributed by atoms with Gasteiger partial charge < -0.3 is 19.7 Å². The molecule has 1 fully saturated rings. The maximum Gasteiger partial charge on any atom is 0.410 e. The summed E-state index contributed by atoms with van der Waals surface area (Å²) in [6, 6.07) is 4.64. The van der Waals surface area contributed by atoms with E-state index in [1.807, 2.05) is 6.92 Å². The maximum absolute atomic E-state index is 13.9. The summed E-state index contributed by atoms with van der Waals surface area (Å²) in [5.74, 6) is 0.214. The molecular formula is C18H27FN2O3. The zero-order valence-electron chi connectivity index (χ0n) is 14.5. The first-order chi connectivity index (χ1) is 11.6. The van der Waals surface area contributed by atoms with Crippen molar-refractivity contribution in [1.82, 2.24) is 10.2 Å². The van der Waals surface area contributed by atoms with E-state index in [2.05, 4.69) is 12.2 Å². The molecule has 2 rings (SSSR count). The highest BCUT2D eigenvalue weighted by Crippen LogP contribution is 2.19. The van der Waals surface area contributed by atoms with Gasteiger partial charge in [-0.2, -0.15) is 0 Å². The van der Waals surface area contributed by atoms with Crippen molar-refractivity contribution in [3.63, 3.8) is 0 Å². The molecule has 1 aromatic carbocycles. The fraction of sp³-hybridized carbons (Fsp3) is 0.611. The van der Waals surface area contributed by atoms with Gasteiger partial charge in [-0.3, -0.25) is 0 Å². The van der Waals surface area contributed by atoms with Crippen LogP contribution in [0.2, 0.25) is 0 Å². The van der Waals surface area contributed by atoms with Crippen molar-refractivity contribution in [2.24, 2.45) is 0 Å². The second-order valence-corrected chi connectivity index (χ2v) is 6.11. The molecule has 134 valence electrons. The van der Waals surface area contributed by atoms with Gasteiger partial charge in [-0.15, -0.1) is 0 Å². The maximum atomic E-state index is 13.9. The van der Waals surface area contributed by atoms with E-state index < -0.39 is 11.9 Å². The highest BCUT2D eigenvalue weighted by molar-refractivity contribution is 5.68. The van der Waals surface area contributed by atoms with E-state index >= 15 is 0 Å². The van der Waals surface area contributed by atoms with Crippen molar-refractivity contribution in [1.29, 1.82) is 0 Å². The third-order valence-corrected chi connectivity index (χ3v) is 4.12. The Bertz CT molecular complexity index is 539. The first-order valence-electron chi connectivity index (χ1n) is 8.67. The van der Waals surface area contributed by atoms with Crippen LogP contribution in [-0.4, -0.2) is 43.3 Å². The molecule has 0 aliphatic carbocycles. The van der Waals surface area contributed by atoms with E-state index in [0.717, 1.165) is 32.4 Å². The summed E-state index contributed by atoms with van der Waals surface area (Å²) < 4.78 is 24.8. The average molecular weight is 338 g/mol. The van der Waals surface area contributed by atoms with Gasteiger partial charge >= 0.3 is 6.09 Å². The number of benzene rings is 1. The number of hydrogen-bond acceptors (Lipinski definition) is 4. The molecule has 0 aromatic heterocycles. The SMILES string of the molecule is CCCCCOc1ccc(F)c(COC(=O)N2CCNCC2C)c1. The molecule has 5 nitrogen and oxygen atoms in total. The Kier molecular flexibility index (Phi) is 7.31. The number of nitrogens with one attached hydrogen (secondary N) is 1. The summed E-state index contributed by atoms with van der Waals surface area (Å²) in [6.45, 7) is 6.69. The molecule has 0 spiro atoms. The predicted molar refractivity (Wildman–Crippen MR) is 90.6 cm³/mol. The van der Waals surface area contributed by atoms with E-state index in [1.54, 1.807) is 17.0 Å². The molecule has 0 bridgehead atoms. The first kappa shape index (κ1) is 18.5. The molecule has 1 atom stereocenters. The van der Waals surface area contributed by atoms with E-state index in [1.165, 1.54) is 6.07 Å². The van der Waals surface area contributed by atoms with Gasteiger partial charge in [0.15, 0.2) is 0 Å². The normalized spacial score (nSPS) is 17.6. The fourth-order valence-electron chi connectivity index (χ4n) is 2.63. The minimum atomic E-state index is -0.405. The molecule has 0 saturated carbocycles. The van der Waals surface area contributed by atoms with Crippen LogP contribution in [0, 0.1) is 5.82 Å². The third-order valence-electron chi connectivity index (χ3n) is 4.12. The number of carbonyl (C=O) groups excluding carboxylic acids is 1. The van der Waals surface area contributed by atoms with Gasteiger partial charge in [0.05, 0.1) is 6.61 Å². The molecule has 1 aromatic rings. The lowest BCUT2D eigenvalue weighted by molar-refractivity contribution is 0.0751. The molecule has 1 N–H and O–H groups in total. The van der Waals surface area contributed by atoms with Crippen molar-refractivity contribution in [2.45, 2.75) is 45.8 Å². The van der Waals surface area contributed by atoms with Crippen molar-refractivity contribution in [2.75, 3.05) is 26.2 Å². The Morgan fingerprint density at radius 3 is 3.00 bits per heavy atom. The van der Waals surface area contributed by atoms with Crippen LogP contribution in [-0.2, 0) is 11.3 Å². The largest absolute Gasteiger partial charge is 0.494 e. The number of rotatable bonds is 7. The second kappa shape index (κ2) is 9.47. The zero-order chi connectivity index (χ0) is 17.4. The number of halogens is 1. The zero-order valence-corrected chi connectivity index (χ0v) is 14.5. The Balaban J connectivity index is 1.87. The monoisotopic (exact) mass is 338 g/mol. The number of carbonyl (C=O) groups is 1. The molecule has 1 amide bonds. The molecule has 1 heterocycles. The molecule has 1 aliphatic heterocycles. The van der Waals surface area contributed by atoms with Gasteiger partial charge in [0, 0.05) is 31.2 Å². The summed E-state index contributed by atoms with van der Waals surface area (Å²) in [5.41, 5.74) is 0.333. The highest BCUT2D eigenvalue weighted by Gasteiger charge is 2.24. The quantitative estimate of drug-likeness (QED) is 0.775. The number of nitrogens with zero attached hydrogens (tertiary/aromatic N) is 1. The minimum Gasteiger partial charge on any atom is -0.494 e. The van der Waals surface area contributed by atoms with Gasteiger partial charge in [0.2, 0.25) is 0 Å². The average Bonchev–Trinajstić information content (AvgIpc) is 2.59. The molecule has 1 aliphatic rings. The summed E-state index contributed by atoms with van der Waals surface area (Å²) in [4.78, 5) is 13.8. The molecule has 1 saturated heterocycles. The van der Waals surface area contributed by atoms with Gasteiger partial charge in [-0.05, 0) is 31.5 Å². The van der Waals surface area contributed by atoms with E-state index in [4.69, 9.17) is 9.47 Å². The second-order valence-electron chi connectivity index (χ2n) is 6.11. The number of unbranched alkanes of at least 4 members (excludes halogenated alkanes) is 2. The summed E-state index contributed by atoms with van der Waals surface area (Å²) >= 11 is 0. The Morgan fingerprint density at radius 1 is 1.42 bits per heavy atom. The van der Waals surface area contributed by atoms with Crippen LogP contribution in [0.25, 0.3) is 0 Å². The number of hydrogen-bond donors (Lipinski definition) is 1. The van der Waals surface area contributed by atoms with Crippen LogP contribution in [0.15, 0.2) is 18.2 Å².